The highest BCUT2D eigenvalue weighted by Crippen LogP contribution is 2.57. The van der Waals surface area contributed by atoms with Crippen LogP contribution < -0.4 is 10.2 Å². The monoisotopic (exact) mass is 646 g/mol. The van der Waals surface area contributed by atoms with Crippen molar-refractivity contribution >= 4 is 11.5 Å². The van der Waals surface area contributed by atoms with E-state index < -0.39 is 0 Å². The molecule has 5 fully saturated rings. The van der Waals surface area contributed by atoms with E-state index in [0.717, 1.165) is 109 Å². The lowest BCUT2D eigenvalue weighted by Crippen LogP contribution is -2.47. The van der Waals surface area contributed by atoms with Crippen molar-refractivity contribution in [1.29, 1.82) is 0 Å². The topological polar surface area (TPSA) is 68.9 Å². The van der Waals surface area contributed by atoms with Crippen LogP contribution in [0.3, 0.4) is 0 Å². The van der Waals surface area contributed by atoms with Gasteiger partial charge in [0.1, 0.15) is 5.82 Å². The summed E-state index contributed by atoms with van der Waals surface area (Å²) in [7, 11) is 0. The number of aliphatic hydroxyl groups is 1. The summed E-state index contributed by atoms with van der Waals surface area (Å²) in [6, 6.07) is 21.8. The first kappa shape index (κ1) is 32.0. The van der Waals surface area contributed by atoms with E-state index >= 15 is 0 Å². The summed E-state index contributed by atoms with van der Waals surface area (Å²) in [4.78, 5) is 10.1. The molecule has 4 saturated carbocycles. The molecule has 2 aromatic heterocycles. The Balaban J connectivity index is 0.937. The maximum atomic E-state index is 9.47. The lowest BCUT2D eigenvalue weighted by Gasteiger charge is -2.54. The molecule has 1 saturated heterocycles. The minimum Gasteiger partial charge on any atom is -0.395 e. The van der Waals surface area contributed by atoms with Gasteiger partial charge in [0, 0.05) is 49.9 Å². The van der Waals surface area contributed by atoms with Crippen LogP contribution in [0.15, 0.2) is 60.7 Å². The van der Waals surface area contributed by atoms with E-state index in [4.69, 9.17) is 10.1 Å². The van der Waals surface area contributed by atoms with Crippen molar-refractivity contribution in [3.8, 4) is 22.4 Å². The number of benzene rings is 2. The van der Waals surface area contributed by atoms with Gasteiger partial charge in [-0.3, -0.25) is 4.90 Å². The maximum absolute atomic E-state index is 9.47. The zero-order chi connectivity index (χ0) is 32.5. The predicted octanol–water partition coefficient (Wildman–Crippen LogP) is 6.86. The molecule has 0 spiro atoms. The highest BCUT2D eigenvalue weighted by Gasteiger charge is 2.47. The second-order valence-electron chi connectivity index (χ2n) is 15.4. The van der Waals surface area contributed by atoms with Crippen LogP contribution in [0.25, 0.3) is 28.0 Å². The Morgan fingerprint density at radius 1 is 0.812 bits per heavy atom. The summed E-state index contributed by atoms with van der Waals surface area (Å²) in [6.45, 7) is 9.02. The summed E-state index contributed by atoms with van der Waals surface area (Å²) in [5, 5.41) is 18.3. The van der Waals surface area contributed by atoms with Crippen molar-refractivity contribution in [2.45, 2.75) is 64.7 Å². The highest BCUT2D eigenvalue weighted by molar-refractivity contribution is 5.83. The molecule has 0 radical (unpaired) electrons. The van der Waals surface area contributed by atoms with Gasteiger partial charge in [0.15, 0.2) is 5.65 Å². The molecule has 4 bridgehead atoms. The Morgan fingerprint density at radius 3 is 2.31 bits per heavy atom. The fraction of sp³-hybridized carbons (Fsp3) is 0.561. The van der Waals surface area contributed by atoms with Crippen molar-refractivity contribution in [2.75, 3.05) is 57.3 Å². The van der Waals surface area contributed by atoms with Gasteiger partial charge < -0.3 is 15.3 Å². The molecule has 254 valence electrons. The summed E-state index contributed by atoms with van der Waals surface area (Å²) >= 11 is 0. The summed E-state index contributed by atoms with van der Waals surface area (Å²) in [5.41, 5.74) is 7.70. The van der Waals surface area contributed by atoms with E-state index in [2.05, 4.69) is 87.2 Å². The van der Waals surface area contributed by atoms with Gasteiger partial charge in [-0.1, -0.05) is 48.5 Å². The smallest absolute Gasteiger partial charge is 0.166 e. The fourth-order valence-corrected chi connectivity index (χ4v) is 10.1. The summed E-state index contributed by atoms with van der Waals surface area (Å²) in [5.74, 6) is 6.36. The van der Waals surface area contributed by atoms with Gasteiger partial charge in [-0.15, -0.1) is 0 Å². The SMILES string of the molecule is Cc1nn2c(N3CCN(CCO)CC3)cc(-c3cccc(CCCCNCCC4C5CC6CC(C5)CC4C6)c3)nc2c1-c1ccccc1. The number of aryl methyl sites for hydroxylation is 2. The zero-order valence-electron chi connectivity index (χ0n) is 28.9. The molecule has 2 N–H and O–H groups in total. The minimum absolute atomic E-state index is 0.205. The first-order valence-electron chi connectivity index (χ1n) is 19.0. The number of nitrogens with zero attached hydrogens (tertiary/aromatic N) is 5. The van der Waals surface area contributed by atoms with Crippen molar-refractivity contribution in [3.63, 3.8) is 0 Å². The number of aliphatic hydroxyl groups excluding tert-OH is 1. The Labute approximate surface area is 286 Å². The van der Waals surface area contributed by atoms with Gasteiger partial charge >= 0.3 is 0 Å². The van der Waals surface area contributed by atoms with Gasteiger partial charge in [0.25, 0.3) is 0 Å². The lowest BCUT2D eigenvalue weighted by molar-refractivity contribution is -0.0392. The molecule has 1 aliphatic heterocycles. The highest BCUT2D eigenvalue weighted by atomic mass is 16.3. The van der Waals surface area contributed by atoms with Crippen molar-refractivity contribution in [3.05, 3.63) is 71.9 Å². The molecule has 0 amide bonds. The Hall–Kier alpha value is -3.26. The molecule has 5 aliphatic rings. The molecule has 0 unspecified atom stereocenters. The van der Waals surface area contributed by atoms with Crippen LogP contribution in [0, 0.1) is 36.5 Å². The molecule has 4 aromatic rings. The summed E-state index contributed by atoms with van der Waals surface area (Å²) < 4.78 is 2.06. The molecule has 7 nitrogen and oxygen atoms in total. The first-order chi connectivity index (χ1) is 23.6. The number of piperazine rings is 1. The van der Waals surface area contributed by atoms with Crippen molar-refractivity contribution in [2.24, 2.45) is 29.6 Å². The van der Waals surface area contributed by atoms with Crippen LogP contribution in [0.4, 0.5) is 5.82 Å². The summed E-state index contributed by atoms with van der Waals surface area (Å²) in [6.07, 6.45) is 12.6. The predicted molar refractivity (Wildman–Crippen MR) is 195 cm³/mol. The average molecular weight is 647 g/mol. The third kappa shape index (κ3) is 6.66. The molecule has 3 heterocycles. The van der Waals surface area contributed by atoms with E-state index in [9.17, 15) is 5.11 Å². The molecule has 9 rings (SSSR count). The van der Waals surface area contributed by atoms with E-state index in [1.807, 2.05) is 0 Å². The van der Waals surface area contributed by atoms with Crippen LogP contribution in [-0.2, 0) is 6.42 Å². The normalized spacial score (nSPS) is 25.4. The number of anilines is 1. The minimum atomic E-state index is 0.205. The van der Waals surface area contributed by atoms with Gasteiger partial charge in [-0.25, -0.2) is 4.98 Å². The van der Waals surface area contributed by atoms with Crippen molar-refractivity contribution < 1.29 is 5.11 Å². The van der Waals surface area contributed by atoms with Gasteiger partial charge in [0.05, 0.1) is 18.0 Å². The Morgan fingerprint density at radius 2 is 1.56 bits per heavy atom. The number of unbranched alkanes of at least 4 members (excludes halogenated alkanes) is 1. The van der Waals surface area contributed by atoms with E-state index in [0.29, 0.717) is 0 Å². The van der Waals surface area contributed by atoms with Crippen LogP contribution >= 0.6 is 0 Å². The third-order valence-electron chi connectivity index (χ3n) is 12.3. The lowest BCUT2D eigenvalue weighted by atomic mass is 9.51. The number of aromatic nitrogens is 3. The second-order valence-corrected chi connectivity index (χ2v) is 15.4. The number of nitrogens with one attached hydrogen (secondary N) is 1. The number of hydrogen-bond donors (Lipinski definition) is 2. The first-order valence-corrected chi connectivity index (χ1v) is 19.0. The molecule has 4 aliphatic carbocycles. The zero-order valence-corrected chi connectivity index (χ0v) is 28.9. The standard InChI is InChI=1S/C41H54N6O/c1-29-40(33-10-3-2-4-11-33)41-43-38(28-39(47(41)44-29)46-18-16-45(17-19-46)20-21-48)34-12-7-9-30(23-34)8-5-6-14-42-15-13-37-35-24-31-22-32(26-35)27-36(37)25-31/h2-4,7,9-12,23,28,31-32,35-37,42,48H,5-6,8,13-22,24-27H2,1H3. The quantitative estimate of drug-likeness (QED) is 0.155. The molecule has 0 atom stereocenters. The van der Waals surface area contributed by atoms with Gasteiger partial charge in [0.2, 0.25) is 0 Å². The average Bonchev–Trinajstić information content (AvgIpc) is 3.44. The van der Waals surface area contributed by atoms with E-state index in [1.54, 1.807) is 32.1 Å². The van der Waals surface area contributed by atoms with Gasteiger partial charge in [-0.2, -0.15) is 9.61 Å². The molecular formula is C41H54N6O. The molecule has 7 heteroatoms. The number of fused-ring (bicyclic) bond motifs is 1. The second kappa shape index (κ2) is 14.3. The van der Waals surface area contributed by atoms with E-state index in [1.165, 1.54) is 36.9 Å². The van der Waals surface area contributed by atoms with Crippen LogP contribution in [0.1, 0.15) is 62.6 Å². The van der Waals surface area contributed by atoms with Gasteiger partial charge in [-0.05, 0) is 125 Å². The van der Waals surface area contributed by atoms with Crippen LogP contribution in [0.5, 0.6) is 0 Å². The molecular weight excluding hydrogens is 592 g/mol. The Kier molecular flexibility index (Phi) is 9.53. The Bertz CT molecular complexity index is 1650. The molecule has 48 heavy (non-hydrogen) atoms. The third-order valence-corrected chi connectivity index (χ3v) is 12.3. The maximum Gasteiger partial charge on any atom is 0.166 e. The molecule has 2 aromatic carbocycles. The number of β-amino-alcohol motifs (C(OH)–C–C–N with tert-alkyl or cyclic N) is 1. The van der Waals surface area contributed by atoms with Crippen LogP contribution in [0.2, 0.25) is 0 Å². The van der Waals surface area contributed by atoms with Crippen LogP contribution in [-0.4, -0.2) is 77.0 Å². The number of rotatable bonds is 13. The van der Waals surface area contributed by atoms with E-state index in [-0.39, 0.29) is 6.61 Å². The largest absolute Gasteiger partial charge is 0.395 e. The fourth-order valence-electron chi connectivity index (χ4n) is 10.1. The number of hydrogen-bond acceptors (Lipinski definition) is 6. The van der Waals surface area contributed by atoms with Crippen molar-refractivity contribution in [1.82, 2.24) is 24.8 Å².